The van der Waals surface area contributed by atoms with Crippen LogP contribution in [-0.4, -0.2) is 0 Å². The van der Waals surface area contributed by atoms with Gasteiger partial charge in [0.1, 0.15) is 17.2 Å². The normalized spacial score (nSPS) is 12.5. The van der Waals surface area contributed by atoms with Gasteiger partial charge >= 0.3 is 0 Å². The van der Waals surface area contributed by atoms with Crippen LogP contribution in [0.5, 0.6) is 0 Å². The molecule has 2 N–H and O–H groups in total. The Morgan fingerprint density at radius 3 is 2.68 bits per heavy atom. The fourth-order valence-electron chi connectivity index (χ4n) is 2.52. The summed E-state index contributed by atoms with van der Waals surface area (Å²) in [4.78, 5) is 12.8. The summed E-state index contributed by atoms with van der Waals surface area (Å²) in [5, 5.41) is 0.466. The van der Waals surface area contributed by atoms with Crippen molar-refractivity contribution in [3.05, 3.63) is 70.3 Å². The van der Waals surface area contributed by atoms with Crippen LogP contribution in [-0.2, 0) is 0 Å². The summed E-state index contributed by atoms with van der Waals surface area (Å²) >= 11 is 0. The molecule has 0 aliphatic carbocycles. The molecule has 112 valence electrons. The molecular weight excluding hydrogens is 281 g/mol. The van der Waals surface area contributed by atoms with Gasteiger partial charge in [0.25, 0.3) is 0 Å². The Kier molecular flexibility index (Phi) is 3.77. The third kappa shape index (κ3) is 2.42. The van der Waals surface area contributed by atoms with Gasteiger partial charge in [-0.15, -0.1) is 0 Å². The second kappa shape index (κ2) is 5.73. The number of rotatable bonds is 3. The molecule has 0 amide bonds. The van der Waals surface area contributed by atoms with Crippen LogP contribution in [0, 0.1) is 5.82 Å². The maximum absolute atomic E-state index is 13.5. The molecule has 0 aliphatic heterocycles. The number of benzene rings is 2. The third-order valence-corrected chi connectivity index (χ3v) is 3.71. The lowest BCUT2D eigenvalue weighted by molar-refractivity contribution is 0.480. The molecule has 2 aromatic carbocycles. The standard InChI is InChI=1S/C18H16FNO2/c1-2-14(20)18-16(11-6-5-7-12(19)10-11)17(21)13-8-3-4-9-15(13)22-18/h3-10,14H,2,20H2,1H3. The summed E-state index contributed by atoms with van der Waals surface area (Å²) in [5.41, 5.74) is 7.23. The highest BCUT2D eigenvalue weighted by Gasteiger charge is 2.20. The van der Waals surface area contributed by atoms with Crippen molar-refractivity contribution in [2.75, 3.05) is 0 Å². The quantitative estimate of drug-likeness (QED) is 0.794. The van der Waals surface area contributed by atoms with Crippen molar-refractivity contribution in [3.8, 4) is 11.1 Å². The van der Waals surface area contributed by atoms with Crippen molar-refractivity contribution in [2.45, 2.75) is 19.4 Å². The van der Waals surface area contributed by atoms with Gasteiger partial charge in [-0.05, 0) is 36.2 Å². The van der Waals surface area contributed by atoms with E-state index in [2.05, 4.69) is 0 Å². The average molecular weight is 297 g/mol. The second-order valence-electron chi connectivity index (χ2n) is 5.19. The first kappa shape index (κ1) is 14.5. The zero-order chi connectivity index (χ0) is 15.7. The van der Waals surface area contributed by atoms with E-state index >= 15 is 0 Å². The number of para-hydroxylation sites is 1. The van der Waals surface area contributed by atoms with Crippen LogP contribution in [0.25, 0.3) is 22.1 Å². The average Bonchev–Trinajstić information content (AvgIpc) is 2.54. The Labute approximate surface area is 127 Å². The van der Waals surface area contributed by atoms with Crippen molar-refractivity contribution in [1.29, 1.82) is 0 Å². The first-order valence-electron chi connectivity index (χ1n) is 7.19. The molecular formula is C18H16FNO2. The first-order valence-corrected chi connectivity index (χ1v) is 7.19. The van der Waals surface area contributed by atoms with Gasteiger partial charge in [0, 0.05) is 0 Å². The minimum absolute atomic E-state index is 0.189. The van der Waals surface area contributed by atoms with Gasteiger partial charge < -0.3 is 10.2 Å². The minimum Gasteiger partial charge on any atom is -0.458 e. The Bertz CT molecular complexity index is 886. The smallest absolute Gasteiger partial charge is 0.200 e. The predicted octanol–water partition coefficient (Wildman–Crippen LogP) is 4.01. The minimum atomic E-state index is -0.421. The SMILES string of the molecule is CCC(N)c1oc2ccccc2c(=O)c1-c1cccc(F)c1. The number of fused-ring (bicyclic) bond motifs is 1. The van der Waals surface area contributed by atoms with Crippen LogP contribution in [0.15, 0.2) is 57.7 Å². The molecule has 0 aliphatic rings. The first-order chi connectivity index (χ1) is 10.6. The van der Waals surface area contributed by atoms with E-state index in [1.165, 1.54) is 12.1 Å². The Balaban J connectivity index is 2.40. The Morgan fingerprint density at radius 2 is 1.95 bits per heavy atom. The number of nitrogens with two attached hydrogens (primary N) is 1. The second-order valence-corrected chi connectivity index (χ2v) is 5.19. The molecule has 0 saturated heterocycles. The third-order valence-electron chi connectivity index (χ3n) is 3.71. The number of halogens is 1. The highest BCUT2D eigenvalue weighted by molar-refractivity contribution is 5.82. The molecule has 3 nitrogen and oxygen atoms in total. The van der Waals surface area contributed by atoms with E-state index in [-0.39, 0.29) is 5.43 Å². The highest BCUT2D eigenvalue weighted by Crippen LogP contribution is 2.29. The summed E-state index contributed by atoms with van der Waals surface area (Å²) in [6.45, 7) is 1.91. The molecule has 0 fully saturated rings. The van der Waals surface area contributed by atoms with Crippen LogP contribution in [0.2, 0.25) is 0 Å². The van der Waals surface area contributed by atoms with Crippen LogP contribution >= 0.6 is 0 Å². The van der Waals surface area contributed by atoms with E-state index < -0.39 is 11.9 Å². The molecule has 0 bridgehead atoms. The summed E-state index contributed by atoms with van der Waals surface area (Å²) in [6.07, 6.45) is 0.615. The van der Waals surface area contributed by atoms with Crippen LogP contribution < -0.4 is 11.2 Å². The summed E-state index contributed by atoms with van der Waals surface area (Å²) < 4.78 is 19.4. The van der Waals surface area contributed by atoms with E-state index in [4.69, 9.17) is 10.2 Å². The molecule has 0 saturated carbocycles. The van der Waals surface area contributed by atoms with Crippen LogP contribution in [0.3, 0.4) is 0 Å². The Hall–Kier alpha value is -2.46. The van der Waals surface area contributed by atoms with Gasteiger partial charge in [0.05, 0.1) is 17.0 Å². The fourth-order valence-corrected chi connectivity index (χ4v) is 2.52. The topological polar surface area (TPSA) is 56.2 Å². The van der Waals surface area contributed by atoms with Gasteiger partial charge in [-0.2, -0.15) is 0 Å². The molecule has 1 unspecified atom stereocenters. The molecule has 3 rings (SSSR count). The maximum atomic E-state index is 13.5. The lowest BCUT2D eigenvalue weighted by Gasteiger charge is -2.14. The van der Waals surface area contributed by atoms with Gasteiger partial charge in [-0.25, -0.2) is 4.39 Å². The molecule has 4 heteroatoms. The van der Waals surface area contributed by atoms with Crippen molar-refractivity contribution in [1.82, 2.24) is 0 Å². The maximum Gasteiger partial charge on any atom is 0.200 e. The van der Waals surface area contributed by atoms with Crippen molar-refractivity contribution in [3.63, 3.8) is 0 Å². The zero-order valence-electron chi connectivity index (χ0n) is 12.2. The molecule has 1 aromatic heterocycles. The monoisotopic (exact) mass is 297 g/mol. The van der Waals surface area contributed by atoms with Gasteiger partial charge in [0.15, 0.2) is 0 Å². The van der Waals surface area contributed by atoms with Crippen molar-refractivity contribution < 1.29 is 8.81 Å². The summed E-state index contributed by atoms with van der Waals surface area (Å²) in [5.74, 6) is -0.00196. The molecule has 22 heavy (non-hydrogen) atoms. The lowest BCUT2D eigenvalue weighted by atomic mass is 9.98. The van der Waals surface area contributed by atoms with E-state index in [0.717, 1.165) is 0 Å². The van der Waals surface area contributed by atoms with Gasteiger partial charge in [-0.3, -0.25) is 4.79 Å². The largest absolute Gasteiger partial charge is 0.458 e. The lowest BCUT2D eigenvalue weighted by Crippen LogP contribution is -2.16. The van der Waals surface area contributed by atoms with Crippen LogP contribution in [0.4, 0.5) is 4.39 Å². The van der Waals surface area contributed by atoms with Crippen LogP contribution in [0.1, 0.15) is 25.1 Å². The zero-order valence-corrected chi connectivity index (χ0v) is 12.2. The van der Waals surface area contributed by atoms with E-state index in [1.807, 2.05) is 6.92 Å². The molecule has 1 atom stereocenters. The molecule has 0 spiro atoms. The molecule has 1 heterocycles. The van der Waals surface area contributed by atoms with E-state index in [9.17, 15) is 9.18 Å². The number of hydrogen-bond donors (Lipinski definition) is 1. The highest BCUT2D eigenvalue weighted by atomic mass is 19.1. The molecule has 0 radical (unpaired) electrons. The summed E-state index contributed by atoms with van der Waals surface area (Å²) in [6, 6.07) is 12.5. The van der Waals surface area contributed by atoms with Crippen molar-refractivity contribution >= 4 is 11.0 Å². The number of hydrogen-bond acceptors (Lipinski definition) is 3. The fraction of sp³-hybridized carbons (Fsp3) is 0.167. The van der Waals surface area contributed by atoms with E-state index in [0.29, 0.717) is 34.3 Å². The van der Waals surface area contributed by atoms with Gasteiger partial charge in [-0.1, -0.05) is 31.2 Å². The van der Waals surface area contributed by atoms with E-state index in [1.54, 1.807) is 36.4 Å². The molecule has 3 aromatic rings. The summed E-state index contributed by atoms with van der Waals surface area (Å²) in [7, 11) is 0. The Morgan fingerprint density at radius 1 is 1.18 bits per heavy atom. The predicted molar refractivity (Wildman–Crippen MR) is 85.1 cm³/mol. The van der Waals surface area contributed by atoms with Crippen molar-refractivity contribution in [2.24, 2.45) is 5.73 Å². The van der Waals surface area contributed by atoms with Gasteiger partial charge in [0.2, 0.25) is 5.43 Å².